The fourth-order valence-electron chi connectivity index (χ4n) is 3.03. The molecule has 2 aromatic carbocycles. The normalized spacial score (nSPS) is 15.0. The second-order valence-corrected chi connectivity index (χ2v) is 7.31. The van der Waals surface area contributed by atoms with E-state index in [1.807, 2.05) is 0 Å². The van der Waals surface area contributed by atoms with Gasteiger partial charge in [-0.25, -0.2) is 0 Å². The fourth-order valence-corrected chi connectivity index (χ4v) is 3.38. The zero-order chi connectivity index (χ0) is 17.1. The van der Waals surface area contributed by atoms with E-state index in [2.05, 4.69) is 79.5 Å². The number of hydrogen-bond donors (Lipinski definition) is 1. The van der Waals surface area contributed by atoms with Crippen molar-refractivity contribution in [2.45, 2.75) is 46.2 Å². The maximum Gasteiger partial charge on any atom is 0.173 e. The van der Waals surface area contributed by atoms with Gasteiger partial charge in [0.05, 0.1) is 0 Å². The molecule has 1 N–H and O–H groups in total. The average Bonchev–Trinajstić information content (AvgIpc) is 3.41. The smallest absolute Gasteiger partial charge is 0.173 e. The summed E-state index contributed by atoms with van der Waals surface area (Å²) in [6, 6.07) is 17.5. The first-order valence-electron chi connectivity index (χ1n) is 8.73. The number of hydrogen-bond acceptors (Lipinski definition) is 1. The van der Waals surface area contributed by atoms with Crippen LogP contribution in [0.1, 0.15) is 36.5 Å². The van der Waals surface area contributed by atoms with E-state index < -0.39 is 0 Å². The zero-order valence-corrected chi connectivity index (χ0v) is 15.6. The minimum atomic E-state index is 0.469. The highest BCUT2D eigenvalue weighted by molar-refractivity contribution is 7.80. The predicted molar refractivity (Wildman–Crippen MR) is 106 cm³/mol. The lowest BCUT2D eigenvalue weighted by atomic mass is 10.1. The van der Waals surface area contributed by atoms with Gasteiger partial charge in [-0.15, -0.1) is 0 Å². The summed E-state index contributed by atoms with van der Waals surface area (Å²) in [7, 11) is 0. The molecule has 3 heteroatoms. The molecule has 0 aromatic heterocycles. The molecule has 1 fully saturated rings. The zero-order valence-electron chi connectivity index (χ0n) is 14.8. The lowest BCUT2D eigenvalue weighted by Gasteiger charge is -2.32. The third-order valence-electron chi connectivity index (χ3n) is 5.01. The molecule has 24 heavy (non-hydrogen) atoms. The molecule has 3 rings (SSSR count). The molecule has 1 atom stereocenters. The van der Waals surface area contributed by atoms with Gasteiger partial charge in [0.15, 0.2) is 5.11 Å². The van der Waals surface area contributed by atoms with Crippen LogP contribution in [0.25, 0.3) is 0 Å². The summed E-state index contributed by atoms with van der Waals surface area (Å²) in [5.41, 5.74) is 4.96. The van der Waals surface area contributed by atoms with Gasteiger partial charge in [-0.05, 0) is 80.6 Å². The Morgan fingerprint density at radius 1 is 1.12 bits per heavy atom. The monoisotopic (exact) mass is 338 g/mol. The molecule has 1 unspecified atom stereocenters. The number of thiocarbonyl (C=S) groups is 1. The van der Waals surface area contributed by atoms with Crippen molar-refractivity contribution in [1.29, 1.82) is 0 Å². The molecular weight excluding hydrogens is 312 g/mol. The van der Waals surface area contributed by atoms with Crippen LogP contribution in [0.5, 0.6) is 0 Å². The maximum absolute atomic E-state index is 5.77. The summed E-state index contributed by atoms with van der Waals surface area (Å²) >= 11 is 5.77. The van der Waals surface area contributed by atoms with Crippen LogP contribution < -0.4 is 5.32 Å². The van der Waals surface area contributed by atoms with Crippen LogP contribution in [0.4, 0.5) is 5.69 Å². The van der Waals surface area contributed by atoms with Gasteiger partial charge < -0.3 is 10.2 Å². The molecule has 2 nitrogen and oxygen atoms in total. The van der Waals surface area contributed by atoms with Crippen molar-refractivity contribution in [2.75, 3.05) is 5.32 Å². The molecule has 0 spiro atoms. The highest BCUT2D eigenvalue weighted by Crippen LogP contribution is 2.36. The van der Waals surface area contributed by atoms with Crippen molar-refractivity contribution in [3.63, 3.8) is 0 Å². The second-order valence-electron chi connectivity index (χ2n) is 6.92. The van der Waals surface area contributed by atoms with Gasteiger partial charge >= 0.3 is 0 Å². The van der Waals surface area contributed by atoms with E-state index in [1.54, 1.807) is 0 Å². The molecule has 0 saturated heterocycles. The van der Waals surface area contributed by atoms with Crippen molar-refractivity contribution in [3.8, 4) is 0 Å². The lowest BCUT2D eigenvalue weighted by molar-refractivity contribution is 0.298. The van der Waals surface area contributed by atoms with E-state index in [0.29, 0.717) is 6.04 Å². The van der Waals surface area contributed by atoms with Crippen molar-refractivity contribution in [1.82, 2.24) is 4.90 Å². The number of aryl methyl sites for hydroxylation is 2. The molecule has 1 aliphatic rings. The quantitative estimate of drug-likeness (QED) is 0.745. The molecule has 126 valence electrons. The van der Waals surface area contributed by atoms with E-state index >= 15 is 0 Å². The highest BCUT2D eigenvalue weighted by atomic mass is 32.1. The van der Waals surface area contributed by atoms with Crippen LogP contribution in [-0.4, -0.2) is 16.1 Å². The molecule has 0 aliphatic heterocycles. The number of rotatable bonds is 5. The van der Waals surface area contributed by atoms with E-state index in [-0.39, 0.29) is 0 Å². The Bertz CT molecular complexity index is 707. The minimum Gasteiger partial charge on any atom is -0.342 e. The van der Waals surface area contributed by atoms with E-state index in [9.17, 15) is 0 Å². The predicted octanol–water partition coefficient (Wildman–Crippen LogP) is 5.30. The molecular formula is C21H26N2S. The van der Waals surface area contributed by atoms with E-state index in [0.717, 1.165) is 23.3 Å². The summed E-state index contributed by atoms with van der Waals surface area (Å²) in [4.78, 5) is 2.34. The van der Waals surface area contributed by atoms with Gasteiger partial charge in [-0.3, -0.25) is 0 Å². The van der Waals surface area contributed by atoms with Gasteiger partial charge in [0.1, 0.15) is 0 Å². The van der Waals surface area contributed by atoms with Crippen LogP contribution in [0.15, 0.2) is 48.5 Å². The topological polar surface area (TPSA) is 15.3 Å². The number of benzene rings is 2. The van der Waals surface area contributed by atoms with Crippen molar-refractivity contribution >= 4 is 23.0 Å². The van der Waals surface area contributed by atoms with Crippen molar-refractivity contribution in [3.05, 3.63) is 65.2 Å². The Hall–Kier alpha value is -1.87. The molecule has 0 amide bonds. The van der Waals surface area contributed by atoms with E-state index in [1.165, 1.54) is 29.5 Å². The Morgan fingerprint density at radius 3 is 2.46 bits per heavy atom. The van der Waals surface area contributed by atoms with Crippen molar-refractivity contribution in [2.24, 2.45) is 5.92 Å². The SMILES string of the molecule is Cc1ccc(NC(=S)N(Cc2ccccc2)C(C)C2CC2)cc1C. The summed E-state index contributed by atoms with van der Waals surface area (Å²) in [6.45, 7) is 7.43. The summed E-state index contributed by atoms with van der Waals surface area (Å²) < 4.78 is 0. The maximum atomic E-state index is 5.77. The summed E-state index contributed by atoms with van der Waals surface area (Å²) in [5, 5.41) is 4.27. The summed E-state index contributed by atoms with van der Waals surface area (Å²) in [6.07, 6.45) is 2.64. The number of nitrogens with zero attached hydrogens (tertiary/aromatic N) is 1. The minimum absolute atomic E-state index is 0.469. The van der Waals surface area contributed by atoms with Crippen LogP contribution >= 0.6 is 12.2 Å². The molecule has 0 radical (unpaired) electrons. The van der Waals surface area contributed by atoms with Gasteiger partial charge in [-0.1, -0.05) is 36.4 Å². The summed E-state index contributed by atoms with van der Waals surface area (Å²) in [5.74, 6) is 0.771. The third kappa shape index (κ3) is 4.15. The van der Waals surface area contributed by atoms with Crippen LogP contribution in [0.3, 0.4) is 0 Å². The Morgan fingerprint density at radius 2 is 1.83 bits per heavy atom. The molecule has 2 aromatic rings. The standard InChI is InChI=1S/C21H26N2S/c1-15-9-12-20(13-16(15)2)22-21(24)23(17(3)19-10-11-19)14-18-7-5-4-6-8-18/h4-9,12-13,17,19H,10-11,14H2,1-3H3,(H,22,24). The van der Waals surface area contributed by atoms with Crippen LogP contribution in [-0.2, 0) is 6.54 Å². The number of nitrogens with one attached hydrogen (secondary N) is 1. The van der Waals surface area contributed by atoms with E-state index in [4.69, 9.17) is 12.2 Å². The highest BCUT2D eigenvalue weighted by Gasteiger charge is 2.33. The molecule has 0 heterocycles. The largest absolute Gasteiger partial charge is 0.342 e. The average molecular weight is 339 g/mol. The second kappa shape index (κ2) is 7.35. The van der Waals surface area contributed by atoms with Crippen molar-refractivity contribution < 1.29 is 0 Å². The molecule has 1 aliphatic carbocycles. The molecule has 1 saturated carbocycles. The lowest BCUT2D eigenvalue weighted by Crippen LogP contribution is -2.41. The van der Waals surface area contributed by atoms with Crippen LogP contribution in [0.2, 0.25) is 0 Å². The van der Waals surface area contributed by atoms with Gasteiger partial charge in [0.2, 0.25) is 0 Å². The van der Waals surface area contributed by atoms with Gasteiger partial charge in [0, 0.05) is 18.3 Å². The third-order valence-corrected chi connectivity index (χ3v) is 5.35. The first-order chi connectivity index (χ1) is 11.5. The molecule has 0 bridgehead atoms. The Kier molecular flexibility index (Phi) is 5.20. The van der Waals surface area contributed by atoms with Gasteiger partial charge in [-0.2, -0.15) is 0 Å². The van der Waals surface area contributed by atoms with Gasteiger partial charge in [0.25, 0.3) is 0 Å². The first-order valence-corrected chi connectivity index (χ1v) is 9.14. The fraction of sp³-hybridized carbons (Fsp3) is 0.381. The first kappa shape index (κ1) is 17.0. The number of anilines is 1. The Balaban J connectivity index is 1.76. The Labute approximate surface area is 150 Å². The van der Waals surface area contributed by atoms with Crippen LogP contribution in [0, 0.1) is 19.8 Å².